The number of hydrogen-bond donors (Lipinski definition) is 1. The van der Waals surface area contributed by atoms with Crippen molar-refractivity contribution in [3.05, 3.63) is 34.7 Å². The van der Waals surface area contributed by atoms with Crippen LogP contribution in [0, 0.1) is 0 Å². The van der Waals surface area contributed by atoms with Crippen LogP contribution in [-0.2, 0) is 15.6 Å². The zero-order chi connectivity index (χ0) is 18.9. The summed E-state index contributed by atoms with van der Waals surface area (Å²) in [7, 11) is 1.50. The summed E-state index contributed by atoms with van der Waals surface area (Å²) in [6, 6.07) is 4.16. The molecule has 3 rings (SSSR count). The monoisotopic (exact) mass is 396 g/mol. The number of ether oxygens (including phenoxy) is 1. The third-order valence-electron chi connectivity index (χ3n) is 3.73. The van der Waals surface area contributed by atoms with Crippen molar-refractivity contribution >= 4 is 30.8 Å². The highest BCUT2D eigenvalue weighted by atomic mass is 35.7. The normalized spacial score (nSPS) is 11.8. The first-order valence-electron chi connectivity index (χ1n) is 8.02. The van der Waals surface area contributed by atoms with Crippen molar-refractivity contribution in [1.82, 2.24) is 19.7 Å². The van der Waals surface area contributed by atoms with Crippen LogP contribution >= 0.6 is 10.7 Å². The van der Waals surface area contributed by atoms with Crippen LogP contribution < -0.4 is 10.3 Å². The molecule has 0 unspecified atom stereocenters. The van der Waals surface area contributed by atoms with Gasteiger partial charge in [0.05, 0.1) is 23.3 Å². The molecule has 0 aliphatic carbocycles. The van der Waals surface area contributed by atoms with E-state index < -0.39 is 9.05 Å². The van der Waals surface area contributed by atoms with E-state index in [2.05, 4.69) is 15.1 Å². The maximum Gasteiger partial charge on any atom is 0.262 e. The van der Waals surface area contributed by atoms with Gasteiger partial charge < -0.3 is 9.72 Å². The van der Waals surface area contributed by atoms with Gasteiger partial charge in [0.2, 0.25) is 0 Å². The lowest BCUT2D eigenvalue weighted by Gasteiger charge is -2.11. The summed E-state index contributed by atoms with van der Waals surface area (Å²) in [6.45, 7) is 4.75. The third-order valence-corrected chi connectivity index (χ3v) is 5.08. The zero-order valence-corrected chi connectivity index (χ0v) is 15.8. The number of aromatic nitrogens is 4. The number of hydrogen-bond acceptors (Lipinski definition) is 6. The molecule has 1 aromatic carbocycles. The average molecular weight is 397 g/mol. The smallest absolute Gasteiger partial charge is 0.262 e. The second kappa shape index (κ2) is 7.08. The highest BCUT2D eigenvalue weighted by Gasteiger charge is 2.18. The predicted molar refractivity (Wildman–Crippen MR) is 98.1 cm³/mol. The van der Waals surface area contributed by atoms with Gasteiger partial charge in [0.25, 0.3) is 14.6 Å². The van der Waals surface area contributed by atoms with Gasteiger partial charge in [0, 0.05) is 17.2 Å². The van der Waals surface area contributed by atoms with Crippen LogP contribution in [0.3, 0.4) is 0 Å². The quantitative estimate of drug-likeness (QED) is 0.641. The first kappa shape index (κ1) is 18.4. The van der Waals surface area contributed by atoms with Crippen molar-refractivity contribution in [2.45, 2.75) is 31.7 Å². The van der Waals surface area contributed by atoms with Crippen molar-refractivity contribution in [3.63, 3.8) is 0 Å². The number of H-pyrrole nitrogens is 1. The van der Waals surface area contributed by atoms with Crippen LogP contribution in [0.4, 0.5) is 0 Å². The van der Waals surface area contributed by atoms with E-state index >= 15 is 0 Å². The topological polar surface area (TPSA) is 107 Å². The van der Waals surface area contributed by atoms with Gasteiger partial charge in [-0.3, -0.25) is 4.79 Å². The molecule has 0 saturated carbocycles. The van der Waals surface area contributed by atoms with Crippen LogP contribution in [0.2, 0.25) is 0 Å². The lowest BCUT2D eigenvalue weighted by molar-refractivity contribution is 0.341. The molecule has 1 N–H and O–H groups in total. The number of aromatic amines is 1. The van der Waals surface area contributed by atoms with E-state index in [1.54, 1.807) is 11.6 Å². The highest BCUT2D eigenvalue weighted by Crippen LogP contribution is 2.31. The molecule has 138 valence electrons. The maximum absolute atomic E-state index is 12.4. The van der Waals surface area contributed by atoms with Gasteiger partial charge in [0.1, 0.15) is 17.0 Å². The van der Waals surface area contributed by atoms with E-state index in [0.29, 0.717) is 35.5 Å². The summed E-state index contributed by atoms with van der Waals surface area (Å²) in [6.07, 6.45) is 2.29. The molecular weight excluding hydrogens is 380 g/mol. The third kappa shape index (κ3) is 3.45. The fourth-order valence-electron chi connectivity index (χ4n) is 2.60. The Morgan fingerprint density at radius 3 is 2.73 bits per heavy atom. The van der Waals surface area contributed by atoms with Crippen molar-refractivity contribution in [2.75, 3.05) is 6.61 Å². The number of nitrogens with one attached hydrogen (secondary N) is 1. The molecule has 0 aliphatic heterocycles. The van der Waals surface area contributed by atoms with E-state index in [9.17, 15) is 13.2 Å². The summed E-state index contributed by atoms with van der Waals surface area (Å²) in [5.74, 6) is 0.576. The zero-order valence-electron chi connectivity index (χ0n) is 14.2. The van der Waals surface area contributed by atoms with Gasteiger partial charge in [-0.1, -0.05) is 6.92 Å². The molecule has 2 aromatic heterocycles. The molecule has 0 radical (unpaired) electrons. The average Bonchev–Trinajstić information content (AvgIpc) is 2.98. The molecule has 10 heteroatoms. The molecule has 0 fully saturated rings. The van der Waals surface area contributed by atoms with Crippen molar-refractivity contribution in [3.8, 4) is 17.1 Å². The predicted octanol–water partition coefficient (Wildman–Crippen LogP) is 2.52. The van der Waals surface area contributed by atoms with Crippen molar-refractivity contribution in [2.24, 2.45) is 0 Å². The number of fused-ring (bicyclic) bond motifs is 1. The molecule has 0 bridgehead atoms. The largest absolute Gasteiger partial charge is 0.493 e. The minimum atomic E-state index is -3.94. The minimum absolute atomic E-state index is 0.109. The lowest BCUT2D eigenvalue weighted by atomic mass is 10.2. The van der Waals surface area contributed by atoms with Crippen LogP contribution in [-0.4, -0.2) is 34.8 Å². The van der Waals surface area contributed by atoms with Gasteiger partial charge in [-0.15, -0.1) is 0 Å². The molecule has 0 aliphatic rings. The number of rotatable bonds is 6. The molecule has 0 spiro atoms. The fourth-order valence-corrected chi connectivity index (χ4v) is 3.37. The van der Waals surface area contributed by atoms with Gasteiger partial charge >= 0.3 is 0 Å². The highest BCUT2D eigenvalue weighted by molar-refractivity contribution is 8.13. The molecular formula is C16H17ClN4O4S. The summed E-state index contributed by atoms with van der Waals surface area (Å²) < 4.78 is 30.5. The summed E-state index contributed by atoms with van der Waals surface area (Å²) in [5, 5.41) is 4.54. The second-order valence-corrected chi connectivity index (χ2v) is 8.11. The number of aryl methyl sites for hydroxylation is 1. The van der Waals surface area contributed by atoms with Gasteiger partial charge in [-0.2, -0.15) is 5.10 Å². The van der Waals surface area contributed by atoms with Crippen LogP contribution in [0.5, 0.6) is 5.75 Å². The molecule has 8 nitrogen and oxygen atoms in total. The standard InChI is InChI=1S/C16H17ClN4O4S/c1-3-7-21-15-12(9-18-21)16(22)20-14(19-15)11-8-10(26(17,23)24)5-6-13(11)25-4-2/h5-6,8-9H,3-4,7H2,1-2H3,(H,19,20,22). The molecule has 0 saturated heterocycles. The van der Waals surface area contributed by atoms with E-state index in [1.807, 2.05) is 6.92 Å². The Balaban J connectivity index is 2.27. The Morgan fingerprint density at radius 1 is 1.31 bits per heavy atom. The maximum atomic E-state index is 12.4. The fraction of sp³-hybridized carbons (Fsp3) is 0.312. The SMILES string of the molecule is CCCn1ncc2c(=O)[nH]c(-c3cc(S(=O)(=O)Cl)ccc3OCC)nc21. The molecule has 3 aromatic rings. The van der Waals surface area contributed by atoms with Gasteiger partial charge in [0.15, 0.2) is 5.65 Å². The number of benzene rings is 1. The molecule has 26 heavy (non-hydrogen) atoms. The minimum Gasteiger partial charge on any atom is -0.493 e. The van der Waals surface area contributed by atoms with E-state index in [1.165, 1.54) is 24.4 Å². The van der Waals surface area contributed by atoms with E-state index in [0.717, 1.165) is 6.42 Å². The molecule has 2 heterocycles. The first-order chi connectivity index (χ1) is 12.3. The molecule has 0 atom stereocenters. The Bertz CT molecular complexity index is 1120. The van der Waals surface area contributed by atoms with Gasteiger partial charge in [-0.05, 0) is 31.5 Å². The van der Waals surface area contributed by atoms with Crippen molar-refractivity contribution in [1.29, 1.82) is 0 Å². The van der Waals surface area contributed by atoms with Crippen LogP contribution in [0.1, 0.15) is 20.3 Å². The Labute approximate surface area is 154 Å². The number of nitrogens with zero attached hydrogens (tertiary/aromatic N) is 3. The second-order valence-electron chi connectivity index (χ2n) is 5.55. The summed E-state index contributed by atoms with van der Waals surface area (Å²) >= 11 is 0. The Hall–Kier alpha value is -2.39. The Kier molecular flexibility index (Phi) is 5.01. The molecule has 0 amide bonds. The Morgan fingerprint density at radius 2 is 2.08 bits per heavy atom. The van der Waals surface area contributed by atoms with E-state index in [-0.39, 0.29) is 16.3 Å². The summed E-state index contributed by atoms with van der Waals surface area (Å²) in [5.41, 5.74) is 0.387. The van der Waals surface area contributed by atoms with Crippen LogP contribution in [0.25, 0.3) is 22.4 Å². The van der Waals surface area contributed by atoms with Crippen LogP contribution in [0.15, 0.2) is 34.1 Å². The van der Waals surface area contributed by atoms with E-state index in [4.69, 9.17) is 15.4 Å². The lowest BCUT2D eigenvalue weighted by Crippen LogP contribution is -2.11. The van der Waals surface area contributed by atoms with Crippen molar-refractivity contribution < 1.29 is 13.2 Å². The summed E-state index contributed by atoms with van der Waals surface area (Å²) in [4.78, 5) is 19.4. The van der Waals surface area contributed by atoms with Gasteiger partial charge in [-0.25, -0.2) is 18.1 Å². The first-order valence-corrected chi connectivity index (χ1v) is 10.3. The number of halogens is 1.